The maximum atomic E-state index is 10.4. The summed E-state index contributed by atoms with van der Waals surface area (Å²) in [5, 5.41) is 0. The Bertz CT molecular complexity index is 408. The van der Waals surface area contributed by atoms with Crippen LogP contribution in [0.5, 0.6) is 0 Å². The third kappa shape index (κ3) is 3.71. The minimum Gasteiger partial charge on any atom is -0.348 e. The van der Waals surface area contributed by atoms with E-state index in [4.69, 9.17) is 4.55 Å². The van der Waals surface area contributed by atoms with Crippen LogP contribution in [0.4, 0.5) is 0 Å². The second kappa shape index (κ2) is 4.39. The average Bonchev–Trinajstić information content (AvgIpc) is 2.50. The Morgan fingerprint density at radius 3 is 2.86 bits per heavy atom. The highest BCUT2D eigenvalue weighted by Crippen LogP contribution is 2.02. The van der Waals surface area contributed by atoms with E-state index in [1.807, 2.05) is 0 Å². The van der Waals surface area contributed by atoms with Crippen molar-refractivity contribution in [3.63, 3.8) is 0 Å². The van der Waals surface area contributed by atoms with Crippen LogP contribution in [0.1, 0.15) is 17.9 Å². The molecule has 0 bridgehead atoms. The van der Waals surface area contributed by atoms with Gasteiger partial charge in [0.25, 0.3) is 10.1 Å². The molecule has 78 valence electrons. The molecule has 0 spiro atoms. The Hall–Kier alpha value is -1.14. The van der Waals surface area contributed by atoms with Gasteiger partial charge in [-0.25, -0.2) is 4.98 Å². The van der Waals surface area contributed by atoms with Gasteiger partial charge in [0.05, 0.1) is 11.4 Å². The van der Waals surface area contributed by atoms with Crippen LogP contribution in [0.2, 0.25) is 0 Å². The molecule has 14 heavy (non-hydrogen) atoms. The molecule has 0 aliphatic carbocycles. The molecule has 0 saturated carbocycles. The Morgan fingerprint density at radius 1 is 1.64 bits per heavy atom. The lowest BCUT2D eigenvalue weighted by atomic mass is 10.3. The van der Waals surface area contributed by atoms with Crippen molar-refractivity contribution in [3.05, 3.63) is 24.3 Å². The van der Waals surface area contributed by atoms with E-state index in [1.165, 1.54) is 0 Å². The number of aromatic nitrogens is 2. The van der Waals surface area contributed by atoms with Crippen molar-refractivity contribution < 1.29 is 13.0 Å². The van der Waals surface area contributed by atoms with E-state index >= 15 is 0 Å². The molecule has 0 aliphatic heterocycles. The van der Waals surface area contributed by atoms with Gasteiger partial charge in [-0.15, -0.1) is 0 Å². The standard InChI is InChI=1S/C8H12N2O3S/c1-2-7-6-9-8(10-7)4-3-5-14(11,12)13/h2,6H,1,3-5H2,(H,9,10)(H,11,12,13). The molecule has 5 nitrogen and oxygen atoms in total. The number of hydrogen-bond donors (Lipinski definition) is 2. The maximum absolute atomic E-state index is 10.4. The van der Waals surface area contributed by atoms with Crippen LogP contribution >= 0.6 is 0 Å². The first-order valence-electron chi connectivity index (χ1n) is 4.13. The summed E-state index contributed by atoms with van der Waals surface area (Å²) in [6.07, 6.45) is 4.13. The zero-order valence-electron chi connectivity index (χ0n) is 7.60. The van der Waals surface area contributed by atoms with Crippen LogP contribution < -0.4 is 0 Å². The van der Waals surface area contributed by atoms with E-state index in [-0.39, 0.29) is 5.75 Å². The Kier molecular flexibility index (Phi) is 3.43. The van der Waals surface area contributed by atoms with Crippen molar-refractivity contribution in [1.82, 2.24) is 9.97 Å². The van der Waals surface area contributed by atoms with E-state index in [2.05, 4.69) is 16.5 Å². The number of imidazole rings is 1. The predicted molar refractivity (Wildman–Crippen MR) is 53.4 cm³/mol. The second-order valence-corrected chi connectivity index (χ2v) is 4.44. The van der Waals surface area contributed by atoms with Crippen molar-refractivity contribution in [1.29, 1.82) is 0 Å². The normalized spacial score (nSPS) is 11.5. The van der Waals surface area contributed by atoms with Crippen LogP contribution in [0.3, 0.4) is 0 Å². The van der Waals surface area contributed by atoms with E-state index in [0.29, 0.717) is 18.7 Å². The number of nitrogens with zero attached hydrogens (tertiary/aromatic N) is 1. The highest BCUT2D eigenvalue weighted by molar-refractivity contribution is 7.85. The first-order chi connectivity index (χ1) is 6.51. The fourth-order valence-corrected chi connectivity index (χ4v) is 1.54. The van der Waals surface area contributed by atoms with E-state index in [9.17, 15) is 8.42 Å². The smallest absolute Gasteiger partial charge is 0.264 e. The van der Waals surface area contributed by atoms with Crippen LogP contribution in [0, 0.1) is 0 Å². The van der Waals surface area contributed by atoms with E-state index in [0.717, 1.165) is 5.69 Å². The summed E-state index contributed by atoms with van der Waals surface area (Å²) in [4.78, 5) is 6.98. The van der Waals surface area contributed by atoms with E-state index < -0.39 is 10.1 Å². The molecule has 1 rings (SSSR count). The molecule has 1 heterocycles. The third-order valence-electron chi connectivity index (χ3n) is 1.68. The van der Waals surface area contributed by atoms with Crippen LogP contribution in [0.15, 0.2) is 12.8 Å². The molecule has 1 aromatic rings. The van der Waals surface area contributed by atoms with E-state index in [1.54, 1.807) is 12.3 Å². The SMILES string of the molecule is C=Cc1c[nH]c(CCCS(=O)(=O)O)n1. The maximum Gasteiger partial charge on any atom is 0.264 e. The van der Waals surface area contributed by atoms with Gasteiger partial charge in [-0.1, -0.05) is 6.58 Å². The highest BCUT2D eigenvalue weighted by Gasteiger charge is 2.05. The number of hydrogen-bond acceptors (Lipinski definition) is 3. The summed E-state index contributed by atoms with van der Waals surface area (Å²) in [6.45, 7) is 3.55. The van der Waals surface area contributed by atoms with Crippen molar-refractivity contribution in [2.75, 3.05) is 5.75 Å². The van der Waals surface area contributed by atoms with Gasteiger partial charge in [0, 0.05) is 12.6 Å². The molecule has 0 aliphatic rings. The molecular formula is C8H12N2O3S. The van der Waals surface area contributed by atoms with Gasteiger partial charge in [0.15, 0.2) is 0 Å². The zero-order valence-corrected chi connectivity index (χ0v) is 8.42. The Morgan fingerprint density at radius 2 is 2.36 bits per heavy atom. The van der Waals surface area contributed by atoms with Gasteiger partial charge in [-0.05, 0) is 12.5 Å². The highest BCUT2D eigenvalue weighted by atomic mass is 32.2. The largest absolute Gasteiger partial charge is 0.348 e. The first-order valence-corrected chi connectivity index (χ1v) is 5.74. The first kappa shape index (κ1) is 10.9. The molecule has 0 radical (unpaired) electrons. The van der Waals surface area contributed by atoms with Crippen LogP contribution in [-0.2, 0) is 16.5 Å². The number of aromatic amines is 1. The van der Waals surface area contributed by atoms with Gasteiger partial charge in [0.2, 0.25) is 0 Å². The topological polar surface area (TPSA) is 83.0 Å². The Labute approximate surface area is 82.6 Å². The molecule has 0 fully saturated rings. The fraction of sp³-hybridized carbons (Fsp3) is 0.375. The van der Waals surface area contributed by atoms with Gasteiger partial charge in [0.1, 0.15) is 5.82 Å². The molecular weight excluding hydrogens is 204 g/mol. The summed E-state index contributed by atoms with van der Waals surface area (Å²) in [5.41, 5.74) is 0.729. The summed E-state index contributed by atoms with van der Waals surface area (Å²) in [7, 11) is -3.85. The monoisotopic (exact) mass is 216 g/mol. The molecule has 0 amide bonds. The summed E-state index contributed by atoms with van der Waals surface area (Å²) in [6, 6.07) is 0. The van der Waals surface area contributed by atoms with Crippen molar-refractivity contribution >= 4 is 16.2 Å². The fourth-order valence-electron chi connectivity index (χ4n) is 1.03. The lowest BCUT2D eigenvalue weighted by Crippen LogP contribution is -2.05. The molecule has 0 unspecified atom stereocenters. The molecule has 0 aromatic carbocycles. The van der Waals surface area contributed by atoms with Crippen molar-refractivity contribution in [3.8, 4) is 0 Å². The molecule has 0 atom stereocenters. The molecule has 0 saturated heterocycles. The lowest BCUT2D eigenvalue weighted by Gasteiger charge is -1.94. The Balaban J connectivity index is 2.42. The van der Waals surface area contributed by atoms with Crippen LogP contribution in [-0.4, -0.2) is 28.7 Å². The molecule has 6 heteroatoms. The van der Waals surface area contributed by atoms with Crippen molar-refractivity contribution in [2.45, 2.75) is 12.8 Å². The summed E-state index contributed by atoms with van der Waals surface area (Å²) >= 11 is 0. The number of nitrogens with one attached hydrogen (secondary N) is 1. The molecule has 2 N–H and O–H groups in total. The minimum atomic E-state index is -3.85. The molecule has 1 aromatic heterocycles. The summed E-state index contributed by atoms with van der Waals surface area (Å²) in [5.74, 6) is 0.459. The lowest BCUT2D eigenvalue weighted by molar-refractivity contribution is 0.481. The third-order valence-corrected chi connectivity index (χ3v) is 2.48. The zero-order chi connectivity index (χ0) is 10.6. The van der Waals surface area contributed by atoms with Gasteiger partial charge in [-0.2, -0.15) is 8.42 Å². The number of rotatable bonds is 5. The summed E-state index contributed by atoms with van der Waals surface area (Å²) < 4.78 is 29.3. The van der Waals surface area contributed by atoms with Crippen molar-refractivity contribution in [2.24, 2.45) is 0 Å². The predicted octanol–water partition coefficient (Wildman–Crippen LogP) is 0.873. The average molecular weight is 216 g/mol. The number of H-pyrrole nitrogens is 1. The quantitative estimate of drug-likeness (QED) is 0.715. The minimum absolute atomic E-state index is 0.239. The van der Waals surface area contributed by atoms with Crippen LogP contribution in [0.25, 0.3) is 6.08 Å². The van der Waals surface area contributed by atoms with Gasteiger partial charge < -0.3 is 4.98 Å². The van der Waals surface area contributed by atoms with Gasteiger partial charge in [-0.3, -0.25) is 4.55 Å². The number of aryl methyl sites for hydroxylation is 1. The van der Waals surface area contributed by atoms with Gasteiger partial charge >= 0.3 is 0 Å². The second-order valence-electron chi connectivity index (χ2n) is 2.87.